The van der Waals surface area contributed by atoms with Crippen LogP contribution in [-0.2, 0) is 11.3 Å². The van der Waals surface area contributed by atoms with Gasteiger partial charge in [0.05, 0.1) is 38.7 Å². The zero-order valence-corrected chi connectivity index (χ0v) is 21.4. The number of halogens is 2. The Morgan fingerprint density at radius 1 is 1.14 bits per heavy atom. The van der Waals surface area contributed by atoms with Gasteiger partial charge in [-0.2, -0.15) is 5.10 Å². The second-order valence-electron chi connectivity index (χ2n) is 7.79. The van der Waals surface area contributed by atoms with E-state index in [2.05, 4.69) is 30.8 Å². The Labute approximate surface area is 216 Å². The molecule has 0 spiro atoms. The van der Waals surface area contributed by atoms with Crippen LogP contribution in [0.2, 0.25) is 10.0 Å². The van der Waals surface area contributed by atoms with E-state index >= 15 is 0 Å². The fraction of sp³-hybridized carbons (Fsp3) is 0.261. The van der Waals surface area contributed by atoms with Crippen LogP contribution < -0.4 is 15.4 Å². The van der Waals surface area contributed by atoms with Gasteiger partial charge in [-0.15, -0.1) is 16.4 Å². The fourth-order valence-electron chi connectivity index (χ4n) is 3.14. The number of nitrogens with zero attached hydrogens (tertiary/aromatic N) is 5. The molecule has 0 aliphatic carbocycles. The topological polar surface area (TPSA) is 105 Å². The summed E-state index contributed by atoms with van der Waals surface area (Å²) in [6.07, 6.45) is 1.51. The van der Waals surface area contributed by atoms with E-state index in [1.165, 1.54) is 17.5 Å². The van der Waals surface area contributed by atoms with Crippen LogP contribution in [0.4, 0.5) is 5.95 Å². The first kappa shape index (κ1) is 25.1. The van der Waals surface area contributed by atoms with Gasteiger partial charge in [-0.1, -0.05) is 29.3 Å². The quantitative estimate of drug-likeness (QED) is 0.314. The number of aromatic nitrogens is 4. The van der Waals surface area contributed by atoms with Gasteiger partial charge in [-0.3, -0.25) is 4.79 Å². The van der Waals surface area contributed by atoms with Crippen molar-refractivity contribution in [2.75, 3.05) is 39.1 Å². The molecule has 0 atom stereocenters. The van der Waals surface area contributed by atoms with Crippen molar-refractivity contribution in [3.8, 4) is 17.0 Å². The molecule has 0 fully saturated rings. The van der Waals surface area contributed by atoms with Crippen LogP contribution in [0.5, 0.6) is 5.75 Å². The van der Waals surface area contributed by atoms with Crippen molar-refractivity contribution in [3.05, 3.63) is 57.6 Å². The highest BCUT2D eigenvalue weighted by Crippen LogP contribution is 2.33. The van der Waals surface area contributed by atoms with Crippen LogP contribution in [-0.4, -0.2) is 64.8 Å². The van der Waals surface area contributed by atoms with E-state index in [0.29, 0.717) is 46.1 Å². The van der Waals surface area contributed by atoms with Gasteiger partial charge in [0.2, 0.25) is 5.95 Å². The maximum Gasteiger partial charge on any atom is 0.257 e. The predicted octanol–water partition coefficient (Wildman–Crippen LogP) is 4.12. The van der Waals surface area contributed by atoms with Gasteiger partial charge < -0.3 is 20.3 Å². The first-order valence-electron chi connectivity index (χ1n) is 10.7. The van der Waals surface area contributed by atoms with Crippen LogP contribution in [0.1, 0.15) is 5.01 Å². The molecule has 0 aliphatic rings. The monoisotopic (exact) mass is 531 g/mol. The number of hydrogen-bond acceptors (Lipinski definition) is 9. The number of likely N-dealkylation sites (N-methyl/N-ethyl adjacent to an activating group) is 1. The molecule has 0 radical (unpaired) electrons. The zero-order valence-electron chi connectivity index (χ0n) is 19.1. The fourth-order valence-corrected chi connectivity index (χ4v) is 4.61. The van der Waals surface area contributed by atoms with Gasteiger partial charge in [0, 0.05) is 24.7 Å². The molecule has 9 nitrogen and oxygen atoms in total. The summed E-state index contributed by atoms with van der Waals surface area (Å²) < 4.78 is 6.62. The van der Waals surface area contributed by atoms with E-state index in [9.17, 15) is 4.79 Å². The number of hydrogen-bond donors (Lipinski definition) is 2. The van der Waals surface area contributed by atoms with E-state index in [4.69, 9.17) is 27.9 Å². The van der Waals surface area contributed by atoms with Gasteiger partial charge in [0.1, 0.15) is 10.8 Å². The lowest BCUT2D eigenvalue weighted by molar-refractivity contribution is -0.123. The summed E-state index contributed by atoms with van der Waals surface area (Å²) in [5.41, 5.74) is 1.91. The van der Waals surface area contributed by atoms with E-state index < -0.39 is 0 Å². The Bertz CT molecular complexity index is 1310. The first-order valence-corrected chi connectivity index (χ1v) is 12.3. The van der Waals surface area contributed by atoms with E-state index in [1.807, 2.05) is 37.2 Å². The maximum absolute atomic E-state index is 11.9. The normalized spacial score (nSPS) is 11.1. The lowest BCUT2D eigenvalue weighted by atomic mass is 10.1. The standard InChI is InChI=1S/C23H23Cl2N7O2S/c1-32(2)9-8-26-20(33)13-34-14-6-7-19-17(10-14)29-21(35-19)12-27-23-30-18(11-28-31-23)22-15(24)4-3-5-16(22)25/h3-7,10-11H,8-9,12-13H2,1-2H3,(H,26,33)(H,27,30,31). The Hall–Kier alpha value is -3.05. The van der Waals surface area contributed by atoms with Gasteiger partial charge in [-0.25, -0.2) is 9.97 Å². The number of thiazole rings is 1. The van der Waals surface area contributed by atoms with Gasteiger partial charge >= 0.3 is 0 Å². The van der Waals surface area contributed by atoms with Crippen molar-refractivity contribution in [2.24, 2.45) is 0 Å². The summed E-state index contributed by atoms with van der Waals surface area (Å²) in [5, 5.41) is 15.8. The summed E-state index contributed by atoms with van der Waals surface area (Å²) >= 11 is 14.1. The average Bonchev–Trinajstić information content (AvgIpc) is 3.24. The highest BCUT2D eigenvalue weighted by Gasteiger charge is 2.12. The number of rotatable bonds is 10. The molecular formula is C23H23Cl2N7O2S. The van der Waals surface area contributed by atoms with Crippen LogP contribution in [0.3, 0.4) is 0 Å². The maximum atomic E-state index is 11.9. The second kappa shape index (κ2) is 11.6. The number of nitrogens with one attached hydrogen (secondary N) is 2. The number of carbonyl (C=O) groups excluding carboxylic acids is 1. The summed E-state index contributed by atoms with van der Waals surface area (Å²) in [5.74, 6) is 0.757. The van der Waals surface area contributed by atoms with Crippen molar-refractivity contribution in [1.82, 2.24) is 30.4 Å². The van der Waals surface area contributed by atoms with Crippen LogP contribution in [0, 0.1) is 0 Å². The molecule has 2 aromatic heterocycles. The Kier molecular flexibility index (Phi) is 8.29. The summed E-state index contributed by atoms with van der Waals surface area (Å²) in [7, 11) is 3.90. The molecule has 4 aromatic rings. The molecule has 0 aliphatic heterocycles. The second-order valence-corrected chi connectivity index (χ2v) is 9.72. The molecule has 2 aromatic carbocycles. The van der Waals surface area contributed by atoms with Crippen molar-refractivity contribution in [1.29, 1.82) is 0 Å². The number of amides is 1. The molecule has 4 rings (SSSR count). The van der Waals surface area contributed by atoms with E-state index in [1.54, 1.807) is 18.2 Å². The number of ether oxygens (including phenoxy) is 1. The SMILES string of the molecule is CN(C)CCNC(=O)COc1ccc2sc(CNc3nncc(-c4c(Cl)cccc4Cl)n3)nc2c1. The minimum absolute atomic E-state index is 0.0480. The molecule has 0 unspecified atom stereocenters. The Morgan fingerprint density at radius 3 is 2.71 bits per heavy atom. The summed E-state index contributed by atoms with van der Waals surface area (Å²) in [6.45, 7) is 1.70. The minimum Gasteiger partial charge on any atom is -0.484 e. The predicted molar refractivity (Wildman–Crippen MR) is 139 cm³/mol. The Morgan fingerprint density at radius 2 is 1.94 bits per heavy atom. The number of carbonyl (C=O) groups is 1. The average molecular weight is 532 g/mol. The molecule has 12 heteroatoms. The molecule has 182 valence electrons. The van der Waals surface area contributed by atoms with Crippen molar-refractivity contribution in [2.45, 2.75) is 6.54 Å². The molecule has 0 saturated carbocycles. The molecule has 1 amide bonds. The largest absolute Gasteiger partial charge is 0.484 e. The van der Waals surface area contributed by atoms with E-state index in [-0.39, 0.29) is 12.5 Å². The summed E-state index contributed by atoms with van der Waals surface area (Å²) in [4.78, 5) is 23.1. The highest BCUT2D eigenvalue weighted by atomic mass is 35.5. The lowest BCUT2D eigenvalue weighted by Crippen LogP contribution is -2.34. The Balaban J connectivity index is 1.37. The van der Waals surface area contributed by atoms with Crippen molar-refractivity contribution >= 4 is 56.6 Å². The van der Waals surface area contributed by atoms with Gasteiger partial charge in [0.25, 0.3) is 5.91 Å². The lowest BCUT2D eigenvalue weighted by Gasteiger charge is -2.11. The van der Waals surface area contributed by atoms with Gasteiger partial charge in [0.15, 0.2) is 6.61 Å². The smallest absolute Gasteiger partial charge is 0.257 e. The number of benzene rings is 2. The van der Waals surface area contributed by atoms with Crippen LogP contribution in [0.25, 0.3) is 21.5 Å². The van der Waals surface area contributed by atoms with Gasteiger partial charge in [-0.05, 0) is 38.4 Å². The van der Waals surface area contributed by atoms with E-state index in [0.717, 1.165) is 21.8 Å². The number of fused-ring (bicyclic) bond motifs is 1. The third-order valence-corrected chi connectivity index (χ3v) is 6.50. The third-order valence-electron chi connectivity index (χ3n) is 4.83. The first-order chi connectivity index (χ1) is 16.9. The third kappa shape index (κ3) is 6.76. The molecule has 2 N–H and O–H groups in total. The molecule has 2 heterocycles. The highest BCUT2D eigenvalue weighted by molar-refractivity contribution is 7.18. The molecule has 0 bridgehead atoms. The molecule has 0 saturated heterocycles. The van der Waals surface area contributed by atoms with Crippen molar-refractivity contribution in [3.63, 3.8) is 0 Å². The van der Waals surface area contributed by atoms with Crippen LogP contribution in [0.15, 0.2) is 42.6 Å². The van der Waals surface area contributed by atoms with Crippen molar-refractivity contribution < 1.29 is 9.53 Å². The van der Waals surface area contributed by atoms with Crippen LogP contribution >= 0.6 is 34.5 Å². The molecular weight excluding hydrogens is 509 g/mol. The number of anilines is 1. The molecule has 35 heavy (non-hydrogen) atoms. The minimum atomic E-state index is -0.163. The zero-order chi connectivity index (χ0) is 24.8. The summed E-state index contributed by atoms with van der Waals surface area (Å²) in [6, 6.07) is 10.8.